The minimum atomic E-state index is -0.0568. The molecule has 1 fully saturated rings. The highest BCUT2D eigenvalue weighted by Gasteiger charge is 2.22. The number of pyridine rings is 1. The molecule has 1 aliphatic rings. The van der Waals surface area contributed by atoms with Crippen molar-refractivity contribution in [1.82, 2.24) is 14.8 Å². The zero-order chi connectivity index (χ0) is 13.0. The zero-order valence-electron chi connectivity index (χ0n) is 11.0. The second-order valence-corrected chi connectivity index (χ2v) is 4.62. The third-order valence-electron chi connectivity index (χ3n) is 3.29. The van der Waals surface area contributed by atoms with E-state index < -0.39 is 0 Å². The Morgan fingerprint density at radius 2 is 2.26 bits per heavy atom. The molecule has 19 heavy (non-hydrogen) atoms. The largest absolute Gasteiger partial charge is 0.337 e. The van der Waals surface area contributed by atoms with Crippen LogP contribution in [0.5, 0.6) is 0 Å². The van der Waals surface area contributed by atoms with E-state index in [4.69, 9.17) is 0 Å². The molecule has 1 saturated heterocycles. The van der Waals surface area contributed by atoms with Crippen LogP contribution in [0.3, 0.4) is 0 Å². The summed E-state index contributed by atoms with van der Waals surface area (Å²) in [5, 5.41) is 3.25. The van der Waals surface area contributed by atoms with E-state index in [-0.39, 0.29) is 29.9 Å². The molecule has 0 aliphatic carbocycles. The van der Waals surface area contributed by atoms with Crippen molar-refractivity contribution in [3.63, 3.8) is 0 Å². The second-order valence-electron chi connectivity index (χ2n) is 4.62. The first-order valence-electron chi connectivity index (χ1n) is 6.34. The van der Waals surface area contributed by atoms with E-state index in [0.717, 1.165) is 19.6 Å². The summed E-state index contributed by atoms with van der Waals surface area (Å²) >= 11 is 0. The van der Waals surface area contributed by atoms with Crippen LogP contribution in [0.2, 0.25) is 0 Å². The summed E-state index contributed by atoms with van der Waals surface area (Å²) in [4.78, 5) is 25.5. The van der Waals surface area contributed by atoms with Crippen molar-refractivity contribution >= 4 is 18.3 Å². The van der Waals surface area contributed by atoms with Gasteiger partial charge in [-0.3, -0.25) is 9.59 Å². The molecular formula is C13H20ClN3O2. The number of carbonyl (C=O) groups excluding carboxylic acids is 1. The molecule has 0 aromatic carbocycles. The van der Waals surface area contributed by atoms with Gasteiger partial charge in [0, 0.05) is 50.9 Å². The summed E-state index contributed by atoms with van der Waals surface area (Å²) in [6, 6.07) is 5.26. The average Bonchev–Trinajstić information content (AvgIpc) is 2.38. The summed E-state index contributed by atoms with van der Waals surface area (Å²) < 4.78 is 1.57. The van der Waals surface area contributed by atoms with E-state index in [0.29, 0.717) is 13.0 Å². The number of halogens is 1. The predicted molar refractivity (Wildman–Crippen MR) is 76.6 cm³/mol. The normalized spacial score (nSPS) is 18.8. The van der Waals surface area contributed by atoms with Gasteiger partial charge in [-0.1, -0.05) is 6.07 Å². The minimum Gasteiger partial charge on any atom is -0.337 e. The Hall–Kier alpha value is -1.33. The number of amides is 1. The number of hydrogen-bond donors (Lipinski definition) is 1. The van der Waals surface area contributed by atoms with Gasteiger partial charge in [-0.2, -0.15) is 0 Å². The van der Waals surface area contributed by atoms with Crippen molar-refractivity contribution in [2.24, 2.45) is 0 Å². The number of rotatable bonds is 3. The van der Waals surface area contributed by atoms with E-state index in [1.165, 1.54) is 6.07 Å². The van der Waals surface area contributed by atoms with Gasteiger partial charge in [-0.05, 0) is 13.0 Å². The van der Waals surface area contributed by atoms with Crippen LogP contribution in [0.4, 0.5) is 0 Å². The number of aromatic nitrogens is 1. The van der Waals surface area contributed by atoms with Crippen LogP contribution in [0, 0.1) is 0 Å². The molecule has 1 atom stereocenters. The molecule has 2 heterocycles. The molecule has 1 aromatic heterocycles. The topological polar surface area (TPSA) is 54.3 Å². The van der Waals surface area contributed by atoms with E-state index in [2.05, 4.69) is 5.32 Å². The fraction of sp³-hybridized carbons (Fsp3) is 0.538. The van der Waals surface area contributed by atoms with Crippen molar-refractivity contribution in [2.45, 2.75) is 25.9 Å². The molecule has 1 unspecified atom stereocenters. The van der Waals surface area contributed by atoms with Crippen LogP contribution in [-0.4, -0.2) is 41.1 Å². The molecule has 1 N–H and O–H groups in total. The molecule has 106 valence electrons. The Morgan fingerprint density at radius 1 is 1.47 bits per heavy atom. The van der Waals surface area contributed by atoms with Crippen molar-refractivity contribution in [3.05, 3.63) is 34.7 Å². The number of carbonyl (C=O) groups is 1. The summed E-state index contributed by atoms with van der Waals surface area (Å²) in [5.74, 6) is 0.125. The van der Waals surface area contributed by atoms with Gasteiger partial charge in [0.05, 0.1) is 0 Å². The van der Waals surface area contributed by atoms with Crippen LogP contribution in [0.25, 0.3) is 0 Å². The maximum Gasteiger partial charge on any atom is 0.250 e. The Kier molecular flexibility index (Phi) is 6.05. The molecule has 1 amide bonds. The highest BCUT2D eigenvalue weighted by molar-refractivity contribution is 5.85. The Labute approximate surface area is 119 Å². The van der Waals surface area contributed by atoms with Crippen molar-refractivity contribution in [2.75, 3.05) is 19.6 Å². The molecule has 0 radical (unpaired) electrons. The van der Waals surface area contributed by atoms with Crippen LogP contribution in [0.1, 0.15) is 13.3 Å². The minimum absolute atomic E-state index is 0. The van der Waals surface area contributed by atoms with Crippen LogP contribution in [0.15, 0.2) is 29.2 Å². The lowest BCUT2D eigenvalue weighted by Crippen LogP contribution is -2.52. The highest BCUT2D eigenvalue weighted by atomic mass is 35.5. The van der Waals surface area contributed by atoms with Crippen LogP contribution in [-0.2, 0) is 11.3 Å². The SMILES string of the molecule is CC1CNCCN1C(=O)CCn1ccccc1=O.Cl. The average molecular weight is 286 g/mol. The van der Waals surface area contributed by atoms with Crippen molar-refractivity contribution in [1.29, 1.82) is 0 Å². The maximum absolute atomic E-state index is 12.1. The maximum atomic E-state index is 12.1. The van der Waals surface area contributed by atoms with Crippen molar-refractivity contribution < 1.29 is 4.79 Å². The molecule has 2 rings (SSSR count). The first-order valence-corrected chi connectivity index (χ1v) is 6.34. The van der Waals surface area contributed by atoms with Gasteiger partial charge >= 0.3 is 0 Å². The van der Waals surface area contributed by atoms with E-state index in [9.17, 15) is 9.59 Å². The predicted octanol–water partition coefficient (Wildman–Crippen LogP) is 0.480. The molecule has 6 heteroatoms. The van der Waals surface area contributed by atoms with E-state index in [1.807, 2.05) is 11.8 Å². The quantitative estimate of drug-likeness (QED) is 0.879. The number of hydrogen-bond acceptors (Lipinski definition) is 3. The molecular weight excluding hydrogens is 266 g/mol. The fourth-order valence-corrected chi connectivity index (χ4v) is 2.22. The van der Waals surface area contributed by atoms with Gasteiger partial charge in [-0.25, -0.2) is 0 Å². The Balaban J connectivity index is 0.00000180. The fourth-order valence-electron chi connectivity index (χ4n) is 2.22. The molecule has 1 aromatic rings. The summed E-state index contributed by atoms with van der Waals surface area (Å²) in [7, 11) is 0. The van der Waals surface area contributed by atoms with Crippen LogP contribution >= 0.6 is 12.4 Å². The Morgan fingerprint density at radius 3 is 2.95 bits per heavy atom. The van der Waals surface area contributed by atoms with Gasteiger partial charge in [0.2, 0.25) is 5.91 Å². The standard InChI is InChI=1S/C13H19N3O2.ClH/c1-11-10-14-6-9-16(11)13(18)5-8-15-7-3-2-4-12(15)17;/h2-4,7,11,14H,5-6,8-10H2,1H3;1H. The first kappa shape index (κ1) is 15.7. The zero-order valence-corrected chi connectivity index (χ0v) is 11.9. The van der Waals surface area contributed by atoms with Crippen LogP contribution < -0.4 is 10.9 Å². The lowest BCUT2D eigenvalue weighted by Gasteiger charge is -2.34. The third-order valence-corrected chi connectivity index (χ3v) is 3.29. The summed E-state index contributed by atoms with van der Waals surface area (Å²) in [6.07, 6.45) is 2.10. The lowest BCUT2D eigenvalue weighted by atomic mass is 10.2. The second kappa shape index (κ2) is 7.31. The van der Waals surface area contributed by atoms with Gasteiger partial charge in [0.25, 0.3) is 5.56 Å². The molecule has 1 aliphatic heterocycles. The molecule has 0 spiro atoms. The molecule has 5 nitrogen and oxygen atoms in total. The Bertz CT molecular complexity index is 475. The van der Waals surface area contributed by atoms with E-state index >= 15 is 0 Å². The number of aryl methyl sites for hydroxylation is 1. The number of nitrogens with one attached hydrogen (secondary N) is 1. The third kappa shape index (κ3) is 4.08. The summed E-state index contributed by atoms with van der Waals surface area (Å²) in [5.41, 5.74) is -0.0568. The monoisotopic (exact) mass is 285 g/mol. The highest BCUT2D eigenvalue weighted by Crippen LogP contribution is 2.05. The van der Waals surface area contributed by atoms with E-state index in [1.54, 1.807) is 22.9 Å². The van der Waals surface area contributed by atoms with Gasteiger partial charge < -0.3 is 14.8 Å². The first-order chi connectivity index (χ1) is 8.68. The van der Waals surface area contributed by atoms with Gasteiger partial charge in [0.15, 0.2) is 0 Å². The smallest absolute Gasteiger partial charge is 0.250 e. The number of nitrogens with zero attached hydrogens (tertiary/aromatic N) is 2. The molecule has 0 saturated carbocycles. The summed E-state index contributed by atoms with van der Waals surface area (Å²) in [6.45, 7) is 4.94. The van der Waals surface area contributed by atoms with Crippen molar-refractivity contribution in [3.8, 4) is 0 Å². The number of piperazine rings is 1. The molecule has 0 bridgehead atoms. The van der Waals surface area contributed by atoms with Gasteiger partial charge in [0.1, 0.15) is 0 Å². The van der Waals surface area contributed by atoms with Gasteiger partial charge in [-0.15, -0.1) is 12.4 Å². The lowest BCUT2D eigenvalue weighted by molar-refractivity contribution is -0.134.